The van der Waals surface area contributed by atoms with Crippen molar-refractivity contribution in [3.63, 3.8) is 0 Å². The van der Waals surface area contributed by atoms with E-state index >= 15 is 0 Å². The molecule has 1 unspecified atom stereocenters. The van der Waals surface area contributed by atoms with E-state index in [-0.39, 0.29) is 25.2 Å². The van der Waals surface area contributed by atoms with Gasteiger partial charge in [0.25, 0.3) is 0 Å². The number of anilines is 1. The average molecular weight is 281 g/mol. The van der Waals surface area contributed by atoms with Crippen molar-refractivity contribution in [2.45, 2.75) is 13.0 Å². The first kappa shape index (κ1) is 16.4. The minimum Gasteiger partial charge on any atom is -0.395 e. The highest BCUT2D eigenvalue weighted by Gasteiger charge is 2.12. The molecule has 0 fully saturated rings. The van der Waals surface area contributed by atoms with Crippen LogP contribution in [0.4, 0.5) is 10.5 Å². The number of aliphatic hydroxyl groups excluding tert-OH is 1. The number of carbonyl (C=O) groups excluding carboxylic acids is 1. The van der Waals surface area contributed by atoms with Crippen molar-refractivity contribution >= 4 is 11.7 Å². The molecule has 112 valence electrons. The molecule has 1 aromatic carbocycles. The van der Waals surface area contributed by atoms with Crippen LogP contribution in [0.5, 0.6) is 0 Å². The lowest BCUT2D eigenvalue weighted by Crippen LogP contribution is -2.39. The zero-order valence-corrected chi connectivity index (χ0v) is 12.0. The number of amides is 2. The van der Waals surface area contributed by atoms with Crippen LogP contribution >= 0.6 is 0 Å². The van der Waals surface area contributed by atoms with Gasteiger partial charge in [0.1, 0.15) is 0 Å². The van der Waals surface area contributed by atoms with Gasteiger partial charge in [-0.3, -0.25) is 0 Å². The third-order valence-electron chi connectivity index (χ3n) is 2.91. The number of aliphatic hydroxyl groups is 1. The Hall–Kier alpha value is -1.63. The Morgan fingerprint density at radius 3 is 2.55 bits per heavy atom. The standard InChI is InChI=1S/C14H23N3O3/c1-11(15)12-3-5-13(6-4-12)16-14(19)17(7-9-18)8-10-20-2/h3-6,11,18H,7-10,15H2,1-2H3,(H,16,19). The van der Waals surface area contributed by atoms with E-state index in [4.69, 9.17) is 15.6 Å². The van der Waals surface area contributed by atoms with Crippen molar-refractivity contribution in [2.75, 3.05) is 38.7 Å². The molecule has 0 aliphatic rings. The van der Waals surface area contributed by atoms with Gasteiger partial charge in [0.2, 0.25) is 0 Å². The van der Waals surface area contributed by atoms with E-state index in [1.54, 1.807) is 7.11 Å². The molecule has 4 N–H and O–H groups in total. The lowest BCUT2D eigenvalue weighted by atomic mass is 10.1. The van der Waals surface area contributed by atoms with Gasteiger partial charge >= 0.3 is 6.03 Å². The molecule has 6 nitrogen and oxygen atoms in total. The molecule has 20 heavy (non-hydrogen) atoms. The van der Waals surface area contributed by atoms with Crippen molar-refractivity contribution in [3.8, 4) is 0 Å². The average Bonchev–Trinajstić information content (AvgIpc) is 2.43. The van der Waals surface area contributed by atoms with Gasteiger partial charge in [-0.05, 0) is 24.6 Å². The summed E-state index contributed by atoms with van der Waals surface area (Å²) in [6.07, 6.45) is 0. The zero-order chi connectivity index (χ0) is 15.0. The summed E-state index contributed by atoms with van der Waals surface area (Å²) in [5.41, 5.74) is 7.47. The van der Waals surface area contributed by atoms with Crippen LogP contribution in [0.15, 0.2) is 24.3 Å². The monoisotopic (exact) mass is 281 g/mol. The van der Waals surface area contributed by atoms with E-state index in [2.05, 4.69) is 5.32 Å². The lowest BCUT2D eigenvalue weighted by Gasteiger charge is -2.22. The molecule has 0 aromatic heterocycles. The van der Waals surface area contributed by atoms with Crippen LogP contribution in [-0.2, 0) is 4.74 Å². The largest absolute Gasteiger partial charge is 0.395 e. The number of rotatable bonds is 7. The fourth-order valence-electron chi connectivity index (χ4n) is 1.71. The number of methoxy groups -OCH3 is 1. The number of ether oxygens (including phenoxy) is 1. The number of nitrogens with zero attached hydrogens (tertiary/aromatic N) is 1. The molecule has 1 atom stereocenters. The van der Waals surface area contributed by atoms with Crippen molar-refractivity contribution in [3.05, 3.63) is 29.8 Å². The van der Waals surface area contributed by atoms with E-state index < -0.39 is 0 Å². The Labute approximate surface area is 119 Å². The molecule has 0 heterocycles. The van der Waals surface area contributed by atoms with Crippen molar-refractivity contribution in [1.82, 2.24) is 4.90 Å². The van der Waals surface area contributed by atoms with Gasteiger partial charge in [0.15, 0.2) is 0 Å². The van der Waals surface area contributed by atoms with E-state index in [1.165, 1.54) is 4.90 Å². The molecule has 0 saturated heterocycles. The molecule has 1 rings (SSSR count). The Balaban J connectivity index is 2.62. The molecule has 6 heteroatoms. The normalized spacial score (nSPS) is 12.0. The minimum absolute atomic E-state index is 0.0349. The van der Waals surface area contributed by atoms with E-state index in [0.717, 1.165) is 5.56 Å². The van der Waals surface area contributed by atoms with Gasteiger partial charge in [0.05, 0.1) is 13.2 Å². The lowest BCUT2D eigenvalue weighted by molar-refractivity contribution is 0.142. The predicted molar refractivity (Wildman–Crippen MR) is 78.6 cm³/mol. The van der Waals surface area contributed by atoms with Gasteiger partial charge in [-0.1, -0.05) is 12.1 Å². The highest BCUT2D eigenvalue weighted by Crippen LogP contribution is 2.14. The molecular weight excluding hydrogens is 258 g/mol. The molecule has 0 bridgehead atoms. The summed E-state index contributed by atoms with van der Waals surface area (Å²) in [6, 6.07) is 7.09. The second-order valence-electron chi connectivity index (χ2n) is 4.54. The number of nitrogens with one attached hydrogen (secondary N) is 1. The number of hydrogen-bond donors (Lipinski definition) is 3. The SMILES string of the molecule is COCCN(CCO)C(=O)Nc1ccc(C(C)N)cc1. The number of nitrogens with two attached hydrogens (primary N) is 1. The molecule has 0 saturated carbocycles. The second-order valence-corrected chi connectivity index (χ2v) is 4.54. The van der Waals surface area contributed by atoms with Crippen LogP contribution in [0, 0.1) is 0 Å². The maximum absolute atomic E-state index is 12.1. The fraction of sp³-hybridized carbons (Fsp3) is 0.500. The molecule has 0 aliphatic carbocycles. The Morgan fingerprint density at radius 1 is 1.40 bits per heavy atom. The first-order chi connectivity index (χ1) is 9.58. The number of benzene rings is 1. The third-order valence-corrected chi connectivity index (χ3v) is 2.91. The fourth-order valence-corrected chi connectivity index (χ4v) is 1.71. The highest BCUT2D eigenvalue weighted by atomic mass is 16.5. The molecule has 0 spiro atoms. The predicted octanol–water partition coefficient (Wildman–Crippen LogP) is 1.18. The second kappa shape index (κ2) is 8.52. The Bertz CT molecular complexity index is 407. The Kier molecular flexibility index (Phi) is 7.00. The van der Waals surface area contributed by atoms with Gasteiger partial charge in [-0.15, -0.1) is 0 Å². The molecular formula is C14H23N3O3. The smallest absolute Gasteiger partial charge is 0.321 e. The van der Waals surface area contributed by atoms with E-state index in [9.17, 15) is 4.79 Å². The number of carbonyl (C=O) groups is 1. The Morgan fingerprint density at radius 2 is 2.05 bits per heavy atom. The molecule has 2 amide bonds. The van der Waals surface area contributed by atoms with E-state index in [0.29, 0.717) is 18.8 Å². The van der Waals surface area contributed by atoms with Crippen LogP contribution in [0.3, 0.4) is 0 Å². The summed E-state index contributed by atoms with van der Waals surface area (Å²) >= 11 is 0. The minimum atomic E-state index is -0.260. The van der Waals surface area contributed by atoms with Gasteiger partial charge in [-0.2, -0.15) is 0 Å². The van der Waals surface area contributed by atoms with Crippen molar-refractivity contribution in [1.29, 1.82) is 0 Å². The number of hydrogen-bond acceptors (Lipinski definition) is 4. The topological polar surface area (TPSA) is 87.8 Å². The van der Waals surface area contributed by atoms with Gasteiger partial charge in [-0.25, -0.2) is 4.79 Å². The van der Waals surface area contributed by atoms with Crippen LogP contribution in [0.2, 0.25) is 0 Å². The first-order valence-electron chi connectivity index (χ1n) is 6.59. The summed E-state index contributed by atoms with van der Waals surface area (Å²) in [6.45, 7) is 2.95. The summed E-state index contributed by atoms with van der Waals surface area (Å²) in [7, 11) is 1.57. The zero-order valence-electron chi connectivity index (χ0n) is 12.0. The maximum atomic E-state index is 12.1. The van der Waals surface area contributed by atoms with E-state index in [1.807, 2.05) is 31.2 Å². The summed E-state index contributed by atoms with van der Waals surface area (Å²) in [5.74, 6) is 0. The quantitative estimate of drug-likeness (QED) is 0.700. The highest BCUT2D eigenvalue weighted by molar-refractivity contribution is 5.89. The van der Waals surface area contributed by atoms with Crippen molar-refractivity contribution < 1.29 is 14.6 Å². The van der Waals surface area contributed by atoms with Crippen LogP contribution < -0.4 is 11.1 Å². The van der Waals surface area contributed by atoms with Crippen LogP contribution in [0.25, 0.3) is 0 Å². The third kappa shape index (κ3) is 5.16. The molecule has 0 aliphatic heterocycles. The summed E-state index contributed by atoms with van der Waals surface area (Å²) in [4.78, 5) is 13.6. The summed E-state index contributed by atoms with van der Waals surface area (Å²) in [5, 5.41) is 11.8. The van der Waals surface area contributed by atoms with Gasteiger partial charge in [0, 0.05) is 31.9 Å². The first-order valence-corrected chi connectivity index (χ1v) is 6.59. The van der Waals surface area contributed by atoms with Crippen LogP contribution in [-0.4, -0.2) is 49.5 Å². The molecule has 1 aromatic rings. The van der Waals surface area contributed by atoms with Crippen molar-refractivity contribution in [2.24, 2.45) is 5.73 Å². The maximum Gasteiger partial charge on any atom is 0.321 e. The summed E-state index contributed by atoms with van der Waals surface area (Å²) < 4.78 is 4.94. The number of urea groups is 1. The molecule has 0 radical (unpaired) electrons. The van der Waals surface area contributed by atoms with Gasteiger partial charge < -0.3 is 25.8 Å². The van der Waals surface area contributed by atoms with Crippen LogP contribution in [0.1, 0.15) is 18.5 Å².